The van der Waals surface area contributed by atoms with Gasteiger partial charge in [-0.25, -0.2) is 0 Å². The van der Waals surface area contributed by atoms with Crippen molar-refractivity contribution in [2.45, 2.75) is 33.1 Å². The third kappa shape index (κ3) is 6.24. The van der Waals surface area contributed by atoms with E-state index in [1.54, 1.807) is 31.3 Å². The zero-order valence-electron chi connectivity index (χ0n) is 17.8. The lowest BCUT2D eigenvalue weighted by Gasteiger charge is -2.22. The van der Waals surface area contributed by atoms with Crippen LogP contribution in [0.25, 0.3) is 0 Å². The summed E-state index contributed by atoms with van der Waals surface area (Å²) >= 11 is 0. The number of methoxy groups -OCH3 is 2. The third-order valence-corrected chi connectivity index (χ3v) is 4.72. The second-order valence-corrected chi connectivity index (χ2v) is 7.13. The molecule has 0 spiro atoms. The van der Waals surface area contributed by atoms with Crippen molar-refractivity contribution in [1.29, 1.82) is 0 Å². The fourth-order valence-electron chi connectivity index (χ4n) is 3.05. The van der Waals surface area contributed by atoms with Gasteiger partial charge in [0.2, 0.25) is 11.8 Å². The van der Waals surface area contributed by atoms with Crippen LogP contribution in [-0.4, -0.2) is 39.1 Å². The standard InChI is InChI=1S/C23H30N2O4/c1-16(2)19-7-9-20(10-8-19)25(17(3)26)13-12-24-23(27)15-18-6-11-21(28-4)22(14-18)29-5/h6-11,14,16H,12-13,15H2,1-5H3,(H,24,27). The van der Waals surface area contributed by atoms with Crippen LogP contribution in [0, 0.1) is 0 Å². The Hall–Kier alpha value is -3.02. The van der Waals surface area contributed by atoms with Crippen molar-refractivity contribution in [2.75, 3.05) is 32.2 Å². The van der Waals surface area contributed by atoms with Gasteiger partial charge in [0, 0.05) is 25.7 Å². The van der Waals surface area contributed by atoms with Crippen LogP contribution in [0.3, 0.4) is 0 Å². The number of hydrogen-bond acceptors (Lipinski definition) is 4. The molecule has 0 bridgehead atoms. The molecular weight excluding hydrogens is 368 g/mol. The normalized spacial score (nSPS) is 10.6. The third-order valence-electron chi connectivity index (χ3n) is 4.72. The quantitative estimate of drug-likeness (QED) is 0.702. The lowest BCUT2D eigenvalue weighted by Crippen LogP contribution is -2.38. The molecule has 0 heterocycles. The van der Waals surface area contributed by atoms with Crippen molar-refractivity contribution < 1.29 is 19.1 Å². The number of anilines is 1. The maximum atomic E-state index is 12.3. The minimum atomic E-state index is -0.115. The van der Waals surface area contributed by atoms with E-state index in [0.717, 1.165) is 11.3 Å². The summed E-state index contributed by atoms with van der Waals surface area (Å²) in [6.45, 7) is 6.57. The van der Waals surface area contributed by atoms with Crippen LogP contribution >= 0.6 is 0 Å². The Balaban J connectivity index is 1.92. The Morgan fingerprint density at radius 2 is 1.66 bits per heavy atom. The fraction of sp³-hybridized carbons (Fsp3) is 0.391. The number of carbonyl (C=O) groups is 2. The molecule has 156 valence electrons. The highest BCUT2D eigenvalue weighted by Gasteiger charge is 2.13. The molecule has 29 heavy (non-hydrogen) atoms. The van der Waals surface area contributed by atoms with Gasteiger partial charge in [-0.05, 0) is 41.3 Å². The zero-order valence-corrected chi connectivity index (χ0v) is 17.8. The highest BCUT2D eigenvalue weighted by molar-refractivity contribution is 5.91. The van der Waals surface area contributed by atoms with E-state index >= 15 is 0 Å². The first-order valence-electron chi connectivity index (χ1n) is 9.71. The zero-order chi connectivity index (χ0) is 21.4. The molecule has 0 aliphatic heterocycles. The maximum Gasteiger partial charge on any atom is 0.224 e. The molecule has 0 radical (unpaired) electrons. The van der Waals surface area contributed by atoms with Crippen LogP contribution in [0.15, 0.2) is 42.5 Å². The van der Waals surface area contributed by atoms with E-state index in [1.165, 1.54) is 12.5 Å². The topological polar surface area (TPSA) is 67.9 Å². The van der Waals surface area contributed by atoms with E-state index in [0.29, 0.717) is 30.5 Å². The van der Waals surface area contributed by atoms with Crippen molar-refractivity contribution in [3.05, 3.63) is 53.6 Å². The summed E-state index contributed by atoms with van der Waals surface area (Å²) in [5.41, 5.74) is 2.88. The number of amides is 2. The van der Waals surface area contributed by atoms with Crippen molar-refractivity contribution in [2.24, 2.45) is 0 Å². The monoisotopic (exact) mass is 398 g/mol. The molecule has 0 aliphatic carbocycles. The lowest BCUT2D eigenvalue weighted by molar-refractivity contribution is -0.121. The van der Waals surface area contributed by atoms with Gasteiger partial charge in [-0.15, -0.1) is 0 Å². The Bertz CT molecular complexity index is 831. The van der Waals surface area contributed by atoms with E-state index in [9.17, 15) is 9.59 Å². The molecule has 2 aromatic rings. The lowest BCUT2D eigenvalue weighted by atomic mass is 10.0. The molecular formula is C23H30N2O4. The Morgan fingerprint density at radius 1 is 1.00 bits per heavy atom. The van der Waals surface area contributed by atoms with Crippen LogP contribution in [0.1, 0.15) is 37.8 Å². The molecule has 0 unspecified atom stereocenters. The van der Waals surface area contributed by atoms with Gasteiger partial charge < -0.3 is 19.7 Å². The van der Waals surface area contributed by atoms with Gasteiger partial charge in [-0.2, -0.15) is 0 Å². The summed E-state index contributed by atoms with van der Waals surface area (Å²) in [6.07, 6.45) is 0.226. The average molecular weight is 399 g/mol. The first-order chi connectivity index (χ1) is 13.8. The molecule has 6 heteroatoms. The number of ether oxygens (including phenoxy) is 2. The Labute approximate surface area is 172 Å². The van der Waals surface area contributed by atoms with E-state index in [-0.39, 0.29) is 18.2 Å². The smallest absolute Gasteiger partial charge is 0.224 e. The molecule has 0 aromatic heterocycles. The number of carbonyl (C=O) groups excluding carboxylic acids is 2. The number of benzene rings is 2. The molecule has 0 atom stereocenters. The summed E-state index contributed by atoms with van der Waals surface area (Å²) in [6, 6.07) is 13.4. The van der Waals surface area contributed by atoms with Crippen molar-refractivity contribution >= 4 is 17.5 Å². The molecule has 2 aromatic carbocycles. The van der Waals surface area contributed by atoms with Crippen LogP contribution in [0.5, 0.6) is 11.5 Å². The summed E-state index contributed by atoms with van der Waals surface area (Å²) in [7, 11) is 3.13. The minimum Gasteiger partial charge on any atom is -0.493 e. The van der Waals surface area contributed by atoms with Gasteiger partial charge >= 0.3 is 0 Å². The second kappa shape index (κ2) is 10.5. The van der Waals surface area contributed by atoms with Gasteiger partial charge in [0.05, 0.1) is 20.6 Å². The first-order valence-corrected chi connectivity index (χ1v) is 9.71. The van der Waals surface area contributed by atoms with Crippen molar-refractivity contribution in [3.63, 3.8) is 0 Å². The highest BCUT2D eigenvalue weighted by atomic mass is 16.5. The Morgan fingerprint density at radius 3 is 2.21 bits per heavy atom. The van der Waals surface area contributed by atoms with E-state index in [2.05, 4.69) is 19.2 Å². The van der Waals surface area contributed by atoms with Gasteiger partial charge in [0.25, 0.3) is 0 Å². The summed E-state index contributed by atoms with van der Waals surface area (Å²) in [4.78, 5) is 26.0. The van der Waals surface area contributed by atoms with Gasteiger partial charge in [-0.3, -0.25) is 9.59 Å². The molecule has 0 aliphatic rings. The van der Waals surface area contributed by atoms with Gasteiger partial charge in [-0.1, -0.05) is 32.0 Å². The number of nitrogens with one attached hydrogen (secondary N) is 1. The second-order valence-electron chi connectivity index (χ2n) is 7.13. The molecule has 2 amide bonds. The van der Waals surface area contributed by atoms with Crippen LogP contribution < -0.4 is 19.7 Å². The molecule has 2 rings (SSSR count). The minimum absolute atomic E-state index is 0.0589. The van der Waals surface area contributed by atoms with E-state index in [4.69, 9.17) is 9.47 Å². The Kier molecular flexibility index (Phi) is 8.07. The highest BCUT2D eigenvalue weighted by Crippen LogP contribution is 2.27. The van der Waals surface area contributed by atoms with Crippen LogP contribution in [-0.2, 0) is 16.0 Å². The number of nitrogens with zero attached hydrogens (tertiary/aromatic N) is 1. The van der Waals surface area contributed by atoms with Crippen molar-refractivity contribution in [1.82, 2.24) is 5.32 Å². The SMILES string of the molecule is COc1ccc(CC(=O)NCCN(C(C)=O)c2ccc(C(C)C)cc2)cc1OC. The predicted octanol–water partition coefficient (Wildman–Crippen LogP) is 3.54. The van der Waals surface area contributed by atoms with Crippen molar-refractivity contribution in [3.8, 4) is 11.5 Å². The summed E-state index contributed by atoms with van der Waals surface area (Å²) in [5.74, 6) is 1.47. The number of rotatable bonds is 9. The molecule has 6 nitrogen and oxygen atoms in total. The van der Waals surface area contributed by atoms with Crippen LogP contribution in [0.4, 0.5) is 5.69 Å². The van der Waals surface area contributed by atoms with Gasteiger partial charge in [0.1, 0.15) is 0 Å². The molecule has 0 fully saturated rings. The first kappa shape index (κ1) is 22.3. The molecule has 0 saturated heterocycles. The summed E-state index contributed by atoms with van der Waals surface area (Å²) < 4.78 is 10.5. The van der Waals surface area contributed by atoms with Gasteiger partial charge in [0.15, 0.2) is 11.5 Å². The summed E-state index contributed by atoms with van der Waals surface area (Å²) in [5, 5.41) is 2.88. The predicted molar refractivity (Wildman–Crippen MR) is 115 cm³/mol. The largest absolute Gasteiger partial charge is 0.493 e. The van der Waals surface area contributed by atoms with E-state index in [1.807, 2.05) is 30.3 Å². The van der Waals surface area contributed by atoms with E-state index < -0.39 is 0 Å². The fourth-order valence-corrected chi connectivity index (χ4v) is 3.05. The number of hydrogen-bond donors (Lipinski definition) is 1. The molecule has 0 saturated carbocycles. The van der Waals surface area contributed by atoms with Crippen LogP contribution in [0.2, 0.25) is 0 Å². The molecule has 1 N–H and O–H groups in total. The maximum absolute atomic E-state index is 12.3. The average Bonchev–Trinajstić information content (AvgIpc) is 2.70.